The zero-order valence-electron chi connectivity index (χ0n) is 13.0. The molecule has 1 atom stereocenters. The van der Waals surface area contributed by atoms with E-state index in [0.717, 1.165) is 29.9 Å². The molecule has 4 rings (SSSR count). The summed E-state index contributed by atoms with van der Waals surface area (Å²) in [5.74, 6) is -0.334. The normalized spacial score (nSPS) is 17.7. The fourth-order valence-electron chi connectivity index (χ4n) is 3.39. The van der Waals surface area contributed by atoms with E-state index in [-0.39, 0.29) is 16.9 Å². The van der Waals surface area contributed by atoms with E-state index in [1.165, 1.54) is 0 Å². The van der Waals surface area contributed by atoms with Gasteiger partial charge in [0.25, 0.3) is 0 Å². The molecule has 0 radical (unpaired) electrons. The second-order valence-corrected chi connectivity index (χ2v) is 6.42. The molecule has 0 fully saturated rings. The Morgan fingerprint density at radius 1 is 1.17 bits per heavy atom. The molecule has 1 N–H and O–H groups in total. The van der Waals surface area contributed by atoms with Crippen LogP contribution in [0.2, 0.25) is 5.02 Å². The molecule has 3 nitrogen and oxygen atoms in total. The van der Waals surface area contributed by atoms with Crippen molar-refractivity contribution in [3.05, 3.63) is 88.2 Å². The van der Waals surface area contributed by atoms with Crippen LogP contribution in [-0.4, -0.2) is 21.4 Å². The number of fused-ring (bicyclic) bond motifs is 1. The minimum atomic E-state index is -0.334. The van der Waals surface area contributed by atoms with Crippen LogP contribution in [0.5, 0.6) is 0 Å². The first kappa shape index (κ1) is 15.4. The molecule has 3 aromatic rings. The van der Waals surface area contributed by atoms with Crippen LogP contribution in [-0.2, 0) is 13.0 Å². The van der Waals surface area contributed by atoms with Gasteiger partial charge in [-0.15, -0.1) is 0 Å². The van der Waals surface area contributed by atoms with Crippen LogP contribution >= 0.6 is 11.6 Å². The van der Waals surface area contributed by atoms with E-state index >= 15 is 0 Å². The van der Waals surface area contributed by atoms with Crippen LogP contribution in [0.3, 0.4) is 0 Å². The summed E-state index contributed by atoms with van der Waals surface area (Å²) in [7, 11) is 0. The zero-order chi connectivity index (χ0) is 16.5. The van der Waals surface area contributed by atoms with Gasteiger partial charge in [-0.2, -0.15) is 0 Å². The molecule has 0 saturated heterocycles. The van der Waals surface area contributed by atoms with E-state index in [1.807, 2.05) is 18.2 Å². The smallest absolute Gasteiger partial charge is 0.146 e. The fraction of sp³-hybridized carbons (Fsp3) is 0.211. The number of nitrogens with one attached hydrogen (secondary N) is 1. The summed E-state index contributed by atoms with van der Waals surface area (Å²) in [4.78, 5) is 10.0. The zero-order valence-corrected chi connectivity index (χ0v) is 13.8. The third-order valence-electron chi connectivity index (χ3n) is 4.55. The number of halogens is 2. The highest BCUT2D eigenvalue weighted by atomic mass is 35.5. The SMILES string of the molecule is Fc1c(Cl)cccc1CN1CCc2[nH]cnc2C1c1ccccc1. The van der Waals surface area contributed by atoms with Crippen LogP contribution in [0.25, 0.3) is 0 Å². The number of aromatic amines is 1. The second kappa shape index (κ2) is 6.38. The molecule has 122 valence electrons. The van der Waals surface area contributed by atoms with Gasteiger partial charge in [-0.25, -0.2) is 9.37 Å². The average molecular weight is 342 g/mol. The van der Waals surface area contributed by atoms with Crippen molar-refractivity contribution in [2.45, 2.75) is 19.0 Å². The van der Waals surface area contributed by atoms with Crippen molar-refractivity contribution < 1.29 is 4.39 Å². The second-order valence-electron chi connectivity index (χ2n) is 6.01. The molecule has 2 aromatic carbocycles. The monoisotopic (exact) mass is 341 g/mol. The van der Waals surface area contributed by atoms with Crippen LogP contribution in [0.4, 0.5) is 4.39 Å². The van der Waals surface area contributed by atoms with Crippen molar-refractivity contribution in [2.75, 3.05) is 6.54 Å². The molecule has 0 aliphatic carbocycles. The number of benzene rings is 2. The van der Waals surface area contributed by atoms with Crippen molar-refractivity contribution in [1.82, 2.24) is 14.9 Å². The van der Waals surface area contributed by atoms with E-state index in [4.69, 9.17) is 11.6 Å². The van der Waals surface area contributed by atoms with Gasteiger partial charge in [0.15, 0.2) is 0 Å². The highest BCUT2D eigenvalue weighted by Gasteiger charge is 2.31. The number of hydrogen-bond acceptors (Lipinski definition) is 2. The number of imidazole rings is 1. The first-order valence-electron chi connectivity index (χ1n) is 7.98. The minimum absolute atomic E-state index is 0.0135. The largest absolute Gasteiger partial charge is 0.348 e. The van der Waals surface area contributed by atoms with Crippen LogP contribution < -0.4 is 0 Å². The lowest BCUT2D eigenvalue weighted by Gasteiger charge is -2.35. The number of hydrogen-bond donors (Lipinski definition) is 1. The lowest BCUT2D eigenvalue weighted by Crippen LogP contribution is -2.36. The third-order valence-corrected chi connectivity index (χ3v) is 4.84. The molecule has 24 heavy (non-hydrogen) atoms. The van der Waals surface area contributed by atoms with Gasteiger partial charge in [-0.3, -0.25) is 4.90 Å². The lowest BCUT2D eigenvalue weighted by molar-refractivity contribution is 0.198. The molecule has 1 aliphatic heterocycles. The predicted molar refractivity (Wildman–Crippen MR) is 92.4 cm³/mol. The Morgan fingerprint density at radius 3 is 2.83 bits per heavy atom. The first-order valence-corrected chi connectivity index (χ1v) is 8.36. The molecular formula is C19H17ClFN3. The number of aromatic nitrogens is 2. The van der Waals surface area contributed by atoms with Gasteiger partial charge in [0.2, 0.25) is 0 Å². The maximum absolute atomic E-state index is 14.3. The molecule has 0 amide bonds. The molecule has 1 unspecified atom stereocenters. The number of rotatable bonds is 3. The van der Waals surface area contributed by atoms with E-state index < -0.39 is 0 Å². The van der Waals surface area contributed by atoms with Crippen molar-refractivity contribution in [1.29, 1.82) is 0 Å². The quantitative estimate of drug-likeness (QED) is 0.768. The summed E-state index contributed by atoms with van der Waals surface area (Å²) in [6.07, 6.45) is 2.62. The summed E-state index contributed by atoms with van der Waals surface area (Å²) in [5.41, 5.74) is 3.96. The Morgan fingerprint density at radius 2 is 2.00 bits per heavy atom. The summed E-state index contributed by atoms with van der Waals surface area (Å²) in [6.45, 7) is 1.33. The maximum Gasteiger partial charge on any atom is 0.146 e. The van der Waals surface area contributed by atoms with Gasteiger partial charge in [0, 0.05) is 30.8 Å². The summed E-state index contributed by atoms with van der Waals surface area (Å²) < 4.78 is 14.3. The molecule has 5 heteroatoms. The van der Waals surface area contributed by atoms with Crippen molar-refractivity contribution >= 4 is 11.6 Å². The lowest BCUT2D eigenvalue weighted by atomic mass is 9.95. The summed E-state index contributed by atoms with van der Waals surface area (Å²) in [5, 5.41) is 0.168. The van der Waals surface area contributed by atoms with E-state index in [1.54, 1.807) is 24.5 Å². The molecule has 1 aromatic heterocycles. The number of H-pyrrole nitrogens is 1. The topological polar surface area (TPSA) is 31.9 Å². The molecule has 1 aliphatic rings. The van der Waals surface area contributed by atoms with Gasteiger partial charge in [-0.05, 0) is 11.6 Å². The van der Waals surface area contributed by atoms with E-state index in [0.29, 0.717) is 12.1 Å². The predicted octanol–water partition coefficient (Wildman–Crippen LogP) is 4.35. The maximum atomic E-state index is 14.3. The Labute approximate surface area is 145 Å². The van der Waals surface area contributed by atoms with Crippen LogP contribution in [0.15, 0.2) is 54.9 Å². The molecule has 0 saturated carbocycles. The molecule has 0 bridgehead atoms. The van der Waals surface area contributed by atoms with Gasteiger partial charge >= 0.3 is 0 Å². The van der Waals surface area contributed by atoms with Crippen LogP contribution in [0, 0.1) is 5.82 Å². The van der Waals surface area contributed by atoms with Crippen molar-refractivity contribution in [3.63, 3.8) is 0 Å². The minimum Gasteiger partial charge on any atom is -0.348 e. The molecule has 2 heterocycles. The highest BCUT2D eigenvalue weighted by Crippen LogP contribution is 2.34. The third kappa shape index (κ3) is 2.72. The van der Waals surface area contributed by atoms with Gasteiger partial charge in [0.05, 0.1) is 23.1 Å². The molecular weight excluding hydrogens is 325 g/mol. The Balaban J connectivity index is 1.73. The Bertz CT molecular complexity index is 847. The van der Waals surface area contributed by atoms with Gasteiger partial charge in [0.1, 0.15) is 5.82 Å². The van der Waals surface area contributed by atoms with Crippen molar-refractivity contribution in [3.8, 4) is 0 Å². The van der Waals surface area contributed by atoms with Crippen molar-refractivity contribution in [2.24, 2.45) is 0 Å². The summed E-state index contributed by atoms with van der Waals surface area (Å²) >= 11 is 5.94. The molecule has 0 spiro atoms. The fourth-order valence-corrected chi connectivity index (χ4v) is 3.58. The highest BCUT2D eigenvalue weighted by molar-refractivity contribution is 6.30. The van der Waals surface area contributed by atoms with E-state index in [2.05, 4.69) is 27.0 Å². The van der Waals surface area contributed by atoms with Crippen LogP contribution in [0.1, 0.15) is 28.6 Å². The number of nitrogens with zero attached hydrogens (tertiary/aromatic N) is 2. The Hall–Kier alpha value is -2.17. The Kier molecular flexibility index (Phi) is 4.08. The van der Waals surface area contributed by atoms with E-state index in [9.17, 15) is 4.39 Å². The van der Waals surface area contributed by atoms with Gasteiger partial charge in [-0.1, -0.05) is 54.1 Å². The van der Waals surface area contributed by atoms with Gasteiger partial charge < -0.3 is 4.98 Å². The first-order chi connectivity index (χ1) is 11.7. The average Bonchev–Trinajstić information content (AvgIpc) is 3.08. The summed E-state index contributed by atoms with van der Waals surface area (Å²) in [6, 6.07) is 15.4. The standard InChI is InChI=1S/C19H17ClFN3/c20-15-8-4-7-14(17(15)21)11-24-10-9-16-18(23-12-22-16)19(24)13-5-2-1-3-6-13/h1-8,12,19H,9-11H2,(H,22,23).